The van der Waals surface area contributed by atoms with E-state index in [9.17, 15) is 4.79 Å². The number of hydrogen-bond acceptors (Lipinski definition) is 1. The molecule has 0 heterocycles. The van der Waals surface area contributed by atoms with E-state index in [1.54, 1.807) is 0 Å². The molecule has 10 heavy (non-hydrogen) atoms. The van der Waals surface area contributed by atoms with Gasteiger partial charge in [0.2, 0.25) is 0 Å². The average Bonchev–Trinajstić information content (AvgIpc) is 1.89. The molecule has 2 nitrogen and oxygen atoms in total. The molecule has 0 radical (unpaired) electrons. The molecule has 0 fully saturated rings. The van der Waals surface area contributed by atoms with Crippen LogP contribution in [0.4, 0.5) is 0 Å². The molecule has 0 aromatic heterocycles. The molecule has 2 heteroatoms. The van der Waals surface area contributed by atoms with E-state index in [2.05, 4.69) is 24.4 Å². The fourth-order valence-electron chi connectivity index (χ4n) is 0.670. The average molecular weight is 139 g/mol. The Bertz CT molecular complexity index is 145. The van der Waals surface area contributed by atoms with Crippen molar-refractivity contribution < 1.29 is 4.79 Å². The maximum atomic E-state index is 10.6. The summed E-state index contributed by atoms with van der Waals surface area (Å²) in [5.74, 6) is 2.11. The standard InChI is InChI=1S/C8H13NO/c1-3-5-6-7-8(10)9-4-2/h2-3,5-7H2,1H3. The summed E-state index contributed by atoms with van der Waals surface area (Å²) in [5, 5.41) is 0. The first-order valence-corrected chi connectivity index (χ1v) is 3.57. The first kappa shape index (κ1) is 9.12. The van der Waals surface area contributed by atoms with E-state index in [0.29, 0.717) is 6.42 Å². The second-order valence-electron chi connectivity index (χ2n) is 2.12. The molecule has 0 atom stereocenters. The highest BCUT2D eigenvalue weighted by atomic mass is 16.1. The Morgan fingerprint density at radius 1 is 1.60 bits per heavy atom. The minimum absolute atomic E-state index is 0.108. The molecule has 0 unspecified atom stereocenters. The van der Waals surface area contributed by atoms with Gasteiger partial charge in [-0.15, -0.1) is 0 Å². The van der Waals surface area contributed by atoms with Gasteiger partial charge < -0.3 is 0 Å². The van der Waals surface area contributed by atoms with Gasteiger partial charge in [-0.3, -0.25) is 4.79 Å². The minimum Gasteiger partial charge on any atom is -0.272 e. The molecule has 0 aromatic carbocycles. The van der Waals surface area contributed by atoms with E-state index in [1.165, 1.54) is 0 Å². The summed E-state index contributed by atoms with van der Waals surface area (Å²) in [7, 11) is 0. The van der Waals surface area contributed by atoms with Gasteiger partial charge in [0.1, 0.15) is 0 Å². The molecule has 1 amide bonds. The Labute approximate surface area is 61.7 Å². The van der Waals surface area contributed by atoms with Gasteiger partial charge >= 0.3 is 0 Å². The van der Waals surface area contributed by atoms with Crippen molar-refractivity contribution in [3.8, 4) is 0 Å². The molecule has 0 aliphatic heterocycles. The summed E-state index contributed by atoms with van der Waals surface area (Å²) in [4.78, 5) is 14.0. The maximum Gasteiger partial charge on any atom is 0.253 e. The van der Waals surface area contributed by atoms with Crippen LogP contribution in [0.15, 0.2) is 11.6 Å². The molecule has 0 aromatic rings. The number of aliphatic imine (C=N–C) groups is 1. The fraction of sp³-hybridized carbons (Fsp3) is 0.625. The Kier molecular flexibility index (Phi) is 5.69. The lowest BCUT2D eigenvalue weighted by atomic mass is 10.2. The van der Waals surface area contributed by atoms with Crippen molar-refractivity contribution in [2.45, 2.75) is 32.6 Å². The number of carbonyl (C=O) groups excluding carboxylic acids is 1. The molecule has 0 aliphatic rings. The van der Waals surface area contributed by atoms with Crippen LogP contribution >= 0.6 is 0 Å². The monoisotopic (exact) mass is 139 g/mol. The predicted molar refractivity (Wildman–Crippen MR) is 42.2 cm³/mol. The molecular weight excluding hydrogens is 126 g/mol. The smallest absolute Gasteiger partial charge is 0.253 e. The van der Waals surface area contributed by atoms with Crippen LogP contribution in [0.1, 0.15) is 32.6 Å². The van der Waals surface area contributed by atoms with Crippen LogP contribution in [-0.4, -0.2) is 11.8 Å². The number of rotatable bonds is 4. The molecular formula is C8H13NO. The molecule has 56 valence electrons. The van der Waals surface area contributed by atoms with Gasteiger partial charge in [-0.2, -0.15) is 4.99 Å². The van der Waals surface area contributed by atoms with Crippen molar-refractivity contribution in [2.24, 2.45) is 4.99 Å². The van der Waals surface area contributed by atoms with Crippen molar-refractivity contribution >= 4 is 11.8 Å². The summed E-state index contributed by atoms with van der Waals surface area (Å²) < 4.78 is 0. The van der Waals surface area contributed by atoms with E-state index in [1.807, 2.05) is 0 Å². The van der Waals surface area contributed by atoms with E-state index in [-0.39, 0.29) is 5.91 Å². The highest BCUT2D eigenvalue weighted by molar-refractivity contribution is 5.82. The van der Waals surface area contributed by atoms with Crippen LogP contribution in [0.25, 0.3) is 0 Å². The third-order valence-corrected chi connectivity index (χ3v) is 1.20. The van der Waals surface area contributed by atoms with Gasteiger partial charge in [-0.1, -0.05) is 19.8 Å². The van der Waals surface area contributed by atoms with Crippen molar-refractivity contribution in [3.05, 3.63) is 6.58 Å². The van der Waals surface area contributed by atoms with Gasteiger partial charge in [0.05, 0.1) is 0 Å². The van der Waals surface area contributed by atoms with E-state index in [0.717, 1.165) is 19.3 Å². The SMILES string of the molecule is C=C=NC(=O)CCCCC. The van der Waals surface area contributed by atoms with Crippen LogP contribution in [0.2, 0.25) is 0 Å². The third-order valence-electron chi connectivity index (χ3n) is 1.20. The summed E-state index contributed by atoms with van der Waals surface area (Å²) >= 11 is 0. The number of unbranched alkanes of at least 4 members (excludes halogenated alkanes) is 2. The molecule has 0 aliphatic carbocycles. The summed E-state index contributed by atoms with van der Waals surface area (Å²) in [5.41, 5.74) is 0. The summed E-state index contributed by atoms with van der Waals surface area (Å²) in [6, 6.07) is 0. The Hall–Kier alpha value is -0.880. The van der Waals surface area contributed by atoms with Crippen LogP contribution in [-0.2, 0) is 4.79 Å². The van der Waals surface area contributed by atoms with Crippen LogP contribution < -0.4 is 0 Å². The highest BCUT2D eigenvalue weighted by Gasteiger charge is 1.94. The minimum atomic E-state index is -0.108. The molecule has 0 N–H and O–H groups in total. The molecule has 0 saturated heterocycles. The van der Waals surface area contributed by atoms with Crippen molar-refractivity contribution in [2.75, 3.05) is 0 Å². The Morgan fingerprint density at radius 3 is 2.80 bits per heavy atom. The van der Waals surface area contributed by atoms with Crippen molar-refractivity contribution in [3.63, 3.8) is 0 Å². The lowest BCUT2D eigenvalue weighted by Gasteiger charge is -1.90. The van der Waals surface area contributed by atoms with Gasteiger partial charge in [0, 0.05) is 6.42 Å². The number of nitrogens with zero attached hydrogens (tertiary/aromatic N) is 1. The lowest BCUT2D eigenvalue weighted by Crippen LogP contribution is -1.91. The highest BCUT2D eigenvalue weighted by Crippen LogP contribution is 1.99. The van der Waals surface area contributed by atoms with Crippen LogP contribution in [0.5, 0.6) is 0 Å². The Balaban J connectivity index is 3.31. The van der Waals surface area contributed by atoms with Crippen molar-refractivity contribution in [1.29, 1.82) is 0 Å². The van der Waals surface area contributed by atoms with E-state index < -0.39 is 0 Å². The number of hydrogen-bond donors (Lipinski definition) is 0. The fourth-order valence-corrected chi connectivity index (χ4v) is 0.670. The lowest BCUT2D eigenvalue weighted by molar-refractivity contribution is -0.117. The van der Waals surface area contributed by atoms with Crippen molar-refractivity contribution in [1.82, 2.24) is 0 Å². The summed E-state index contributed by atoms with van der Waals surface area (Å²) in [6.07, 6.45) is 3.69. The van der Waals surface area contributed by atoms with Crippen LogP contribution in [0, 0.1) is 0 Å². The number of amides is 1. The first-order valence-electron chi connectivity index (χ1n) is 3.57. The summed E-state index contributed by atoms with van der Waals surface area (Å²) in [6.45, 7) is 5.31. The second kappa shape index (κ2) is 6.24. The molecule has 0 saturated carbocycles. The third kappa shape index (κ3) is 5.26. The topological polar surface area (TPSA) is 29.4 Å². The second-order valence-corrected chi connectivity index (χ2v) is 2.12. The van der Waals surface area contributed by atoms with E-state index in [4.69, 9.17) is 0 Å². The maximum absolute atomic E-state index is 10.6. The van der Waals surface area contributed by atoms with Gasteiger partial charge in [-0.25, -0.2) is 0 Å². The zero-order valence-electron chi connectivity index (χ0n) is 6.39. The largest absolute Gasteiger partial charge is 0.272 e. The zero-order valence-corrected chi connectivity index (χ0v) is 6.39. The van der Waals surface area contributed by atoms with Crippen LogP contribution in [0.3, 0.4) is 0 Å². The molecule has 0 bridgehead atoms. The first-order chi connectivity index (χ1) is 4.81. The quantitative estimate of drug-likeness (QED) is 0.432. The van der Waals surface area contributed by atoms with E-state index >= 15 is 0 Å². The van der Waals surface area contributed by atoms with Gasteiger partial charge in [-0.05, 0) is 18.9 Å². The normalized spacial score (nSPS) is 8.50. The predicted octanol–water partition coefficient (Wildman–Crippen LogP) is 1.95. The Morgan fingerprint density at radius 2 is 2.30 bits per heavy atom. The van der Waals surface area contributed by atoms with Gasteiger partial charge in [0.15, 0.2) is 0 Å². The zero-order chi connectivity index (χ0) is 7.82. The van der Waals surface area contributed by atoms with Gasteiger partial charge in [0.25, 0.3) is 5.91 Å². The molecule has 0 rings (SSSR count). The number of carbonyl (C=O) groups is 1. The molecule has 0 spiro atoms.